The number of hydrogen-bond donors (Lipinski definition) is 0. The Bertz CT molecular complexity index is 1120. The summed E-state index contributed by atoms with van der Waals surface area (Å²) in [6.45, 7) is 4.37. The molecule has 0 N–H and O–H groups in total. The molecule has 0 atom stereocenters. The molecule has 1 aliphatic rings. The van der Waals surface area contributed by atoms with Crippen molar-refractivity contribution in [1.82, 2.24) is 0 Å². The Balaban J connectivity index is 1.88. The Morgan fingerprint density at radius 1 is 1.06 bits per heavy atom. The zero-order valence-electron chi connectivity index (χ0n) is 18.5. The lowest BCUT2D eigenvalue weighted by Crippen LogP contribution is -2.24. The lowest BCUT2D eigenvalue weighted by atomic mass is 9.85. The van der Waals surface area contributed by atoms with Gasteiger partial charge in [0.1, 0.15) is 25.3 Å². The summed E-state index contributed by atoms with van der Waals surface area (Å²) in [6.07, 6.45) is 1.23. The topological polar surface area (TPSA) is 57.1 Å². The van der Waals surface area contributed by atoms with Gasteiger partial charge in [-0.2, -0.15) is 0 Å². The van der Waals surface area contributed by atoms with Crippen LogP contribution in [0.4, 0.5) is 4.39 Å². The van der Waals surface area contributed by atoms with Crippen molar-refractivity contribution in [2.75, 3.05) is 20.8 Å². The van der Waals surface area contributed by atoms with Crippen molar-refractivity contribution < 1.29 is 23.5 Å². The van der Waals surface area contributed by atoms with Crippen molar-refractivity contribution in [3.63, 3.8) is 0 Å². The number of halogens is 2. The number of esters is 1. The van der Waals surface area contributed by atoms with E-state index in [4.69, 9.17) is 25.9 Å². The third-order valence-electron chi connectivity index (χ3n) is 5.42. The summed E-state index contributed by atoms with van der Waals surface area (Å²) in [5.41, 5.74) is 5.87. The minimum absolute atomic E-state index is 0.0660. The van der Waals surface area contributed by atoms with E-state index in [-0.39, 0.29) is 17.3 Å². The quantitative estimate of drug-likeness (QED) is 0.217. The molecule has 0 aromatic heterocycles. The molecule has 0 amide bonds. The predicted molar refractivity (Wildman–Crippen MR) is 123 cm³/mol. The van der Waals surface area contributed by atoms with E-state index in [1.165, 1.54) is 31.4 Å². The first kappa shape index (κ1) is 23.5. The monoisotopic (exact) mass is 457 g/mol. The van der Waals surface area contributed by atoms with Gasteiger partial charge in [-0.1, -0.05) is 46.1 Å². The summed E-state index contributed by atoms with van der Waals surface area (Å²) in [5, 5.41) is 3.98. The second-order valence-electron chi connectivity index (χ2n) is 7.56. The van der Waals surface area contributed by atoms with E-state index in [9.17, 15) is 9.18 Å². The molecule has 2 aromatic rings. The normalized spacial score (nSPS) is 14.5. The maximum Gasteiger partial charge on any atom is 0.360 e. The SMILES string of the molecule is CO/N=C(/C(=O)OC)C1=C(COc2cccc(-c3ccc(F)c(Cl)c3)c2)CC(C)=C(C)C1. The Morgan fingerprint density at radius 3 is 2.47 bits per heavy atom. The van der Waals surface area contributed by atoms with Crippen LogP contribution in [0.15, 0.2) is 69.9 Å². The number of nitrogens with zero attached hydrogens (tertiary/aromatic N) is 1. The van der Waals surface area contributed by atoms with Gasteiger partial charge in [-0.3, -0.25) is 0 Å². The fourth-order valence-electron chi connectivity index (χ4n) is 3.52. The fourth-order valence-corrected chi connectivity index (χ4v) is 3.70. The van der Waals surface area contributed by atoms with Gasteiger partial charge in [0.05, 0.1) is 12.1 Å². The molecule has 1 aliphatic carbocycles. The van der Waals surface area contributed by atoms with Crippen LogP contribution < -0.4 is 4.74 Å². The summed E-state index contributed by atoms with van der Waals surface area (Å²) < 4.78 is 24.5. The Labute approximate surface area is 192 Å². The highest BCUT2D eigenvalue weighted by Crippen LogP contribution is 2.32. The van der Waals surface area contributed by atoms with Crippen LogP contribution in [0.3, 0.4) is 0 Å². The highest BCUT2D eigenvalue weighted by molar-refractivity contribution is 6.43. The number of carbonyl (C=O) groups excluding carboxylic acids is 1. The number of carbonyl (C=O) groups is 1. The van der Waals surface area contributed by atoms with Crippen LogP contribution in [0, 0.1) is 5.82 Å². The molecule has 3 rings (SSSR count). The minimum atomic E-state index is -0.554. The summed E-state index contributed by atoms with van der Waals surface area (Å²) in [4.78, 5) is 17.2. The largest absolute Gasteiger partial charge is 0.489 e. The molecule has 0 heterocycles. The van der Waals surface area contributed by atoms with Gasteiger partial charge in [0, 0.05) is 0 Å². The average molecular weight is 458 g/mol. The molecule has 5 nitrogen and oxygen atoms in total. The van der Waals surface area contributed by atoms with E-state index in [1.54, 1.807) is 12.1 Å². The molecule has 168 valence electrons. The van der Waals surface area contributed by atoms with Gasteiger partial charge in [-0.05, 0) is 73.2 Å². The molecule has 0 saturated carbocycles. The number of methoxy groups -OCH3 is 1. The lowest BCUT2D eigenvalue weighted by Gasteiger charge is -2.23. The van der Waals surface area contributed by atoms with Crippen LogP contribution in [-0.4, -0.2) is 32.5 Å². The lowest BCUT2D eigenvalue weighted by molar-refractivity contribution is -0.132. The number of oxime groups is 1. The molecule has 7 heteroatoms. The van der Waals surface area contributed by atoms with Crippen LogP contribution in [-0.2, 0) is 14.4 Å². The van der Waals surface area contributed by atoms with E-state index in [0.717, 1.165) is 22.3 Å². The maximum absolute atomic E-state index is 13.5. The molecule has 32 heavy (non-hydrogen) atoms. The fraction of sp³-hybridized carbons (Fsp3) is 0.280. The van der Waals surface area contributed by atoms with Crippen molar-refractivity contribution in [3.8, 4) is 16.9 Å². The van der Waals surface area contributed by atoms with Crippen molar-refractivity contribution in [2.24, 2.45) is 5.16 Å². The van der Waals surface area contributed by atoms with Gasteiger partial charge < -0.3 is 14.3 Å². The van der Waals surface area contributed by atoms with Crippen molar-refractivity contribution >= 4 is 23.3 Å². The standard InChI is InChI=1S/C25H25ClFNO4/c1-15-10-19(21(11-16(15)2)24(28-31-4)25(29)30-3)14-32-20-7-5-6-17(12-20)18-8-9-23(27)22(26)13-18/h5-9,12-13H,10-11,14H2,1-4H3/b28-24+. The molecule has 0 saturated heterocycles. The van der Waals surface area contributed by atoms with Gasteiger partial charge in [-0.15, -0.1) is 0 Å². The zero-order chi connectivity index (χ0) is 23.3. The molecule has 0 bridgehead atoms. The highest BCUT2D eigenvalue weighted by atomic mass is 35.5. The zero-order valence-corrected chi connectivity index (χ0v) is 19.3. The highest BCUT2D eigenvalue weighted by Gasteiger charge is 2.26. The molecule has 0 spiro atoms. The van der Waals surface area contributed by atoms with Crippen LogP contribution in [0.1, 0.15) is 26.7 Å². The second-order valence-corrected chi connectivity index (χ2v) is 7.96. The number of allylic oxidation sites excluding steroid dienone is 2. The Morgan fingerprint density at radius 2 is 1.78 bits per heavy atom. The predicted octanol–water partition coefficient (Wildman–Crippen LogP) is 6.13. The first-order valence-corrected chi connectivity index (χ1v) is 10.5. The van der Waals surface area contributed by atoms with Crippen LogP contribution >= 0.6 is 11.6 Å². The maximum atomic E-state index is 13.5. The third-order valence-corrected chi connectivity index (χ3v) is 5.71. The summed E-state index contributed by atoms with van der Waals surface area (Å²) >= 11 is 5.92. The Kier molecular flexibility index (Phi) is 7.70. The van der Waals surface area contributed by atoms with Crippen LogP contribution in [0.5, 0.6) is 5.75 Å². The average Bonchev–Trinajstić information content (AvgIpc) is 2.79. The minimum Gasteiger partial charge on any atom is -0.489 e. The van der Waals surface area contributed by atoms with Gasteiger partial charge in [0.15, 0.2) is 5.71 Å². The van der Waals surface area contributed by atoms with Crippen molar-refractivity contribution in [3.05, 3.63) is 75.6 Å². The first-order chi connectivity index (χ1) is 15.3. The summed E-state index contributed by atoms with van der Waals surface area (Å²) in [7, 11) is 2.71. The first-order valence-electron chi connectivity index (χ1n) is 10.1. The van der Waals surface area contributed by atoms with E-state index < -0.39 is 11.8 Å². The van der Waals surface area contributed by atoms with Gasteiger partial charge >= 0.3 is 5.97 Å². The van der Waals surface area contributed by atoms with Gasteiger partial charge in [0.2, 0.25) is 0 Å². The number of ether oxygens (including phenoxy) is 2. The summed E-state index contributed by atoms with van der Waals surface area (Å²) in [6, 6.07) is 12.1. The number of hydrogen-bond acceptors (Lipinski definition) is 5. The third kappa shape index (κ3) is 5.37. The molecule has 0 radical (unpaired) electrons. The van der Waals surface area contributed by atoms with Gasteiger partial charge in [0.25, 0.3) is 0 Å². The number of benzene rings is 2. The van der Waals surface area contributed by atoms with Gasteiger partial charge in [-0.25, -0.2) is 9.18 Å². The van der Waals surface area contributed by atoms with Crippen LogP contribution in [0.25, 0.3) is 11.1 Å². The van der Waals surface area contributed by atoms with Crippen molar-refractivity contribution in [2.45, 2.75) is 26.7 Å². The number of rotatable bonds is 7. The van der Waals surface area contributed by atoms with E-state index in [1.807, 2.05) is 31.2 Å². The molecule has 0 unspecified atom stereocenters. The van der Waals surface area contributed by atoms with Crippen molar-refractivity contribution in [1.29, 1.82) is 0 Å². The van der Waals surface area contributed by atoms with E-state index in [2.05, 4.69) is 12.1 Å². The molecular formula is C25H25ClFNO4. The molecular weight excluding hydrogens is 433 g/mol. The summed E-state index contributed by atoms with van der Waals surface area (Å²) in [5.74, 6) is -0.374. The molecule has 0 aliphatic heterocycles. The van der Waals surface area contributed by atoms with E-state index >= 15 is 0 Å². The molecule has 0 fully saturated rings. The van der Waals surface area contributed by atoms with E-state index in [0.29, 0.717) is 18.6 Å². The second kappa shape index (κ2) is 10.5. The molecule has 2 aromatic carbocycles. The smallest absolute Gasteiger partial charge is 0.360 e. The van der Waals surface area contributed by atoms with Crippen LogP contribution in [0.2, 0.25) is 5.02 Å². The Hall–Kier alpha value is -3.12.